The molecule has 2 N–H and O–H groups in total. The predicted octanol–water partition coefficient (Wildman–Crippen LogP) is 4.42. The van der Waals surface area contributed by atoms with Crippen molar-refractivity contribution in [3.8, 4) is 11.5 Å². The number of hydrogen-bond donors (Lipinski definition) is 2. The van der Waals surface area contributed by atoms with E-state index < -0.39 is 12.1 Å². The smallest absolute Gasteiger partial charge is 0.344 e. The number of aromatic hydroxyl groups is 1. The van der Waals surface area contributed by atoms with Gasteiger partial charge in [0.15, 0.2) is 11.3 Å². The minimum Gasteiger partial charge on any atom is -0.508 e. The van der Waals surface area contributed by atoms with Crippen LogP contribution in [0.3, 0.4) is 0 Å². The second kappa shape index (κ2) is 9.99. The number of aliphatic imine (C=N–C) groups is 1. The molecule has 160 valence electrons. The quantitative estimate of drug-likeness (QED) is 0.467. The summed E-state index contributed by atoms with van der Waals surface area (Å²) in [7, 11) is 0. The second-order valence-corrected chi connectivity index (χ2v) is 7.66. The summed E-state index contributed by atoms with van der Waals surface area (Å²) in [6.07, 6.45) is 2.72. The van der Waals surface area contributed by atoms with Crippen LogP contribution < -0.4 is 4.74 Å². The molecule has 1 aliphatic heterocycles. The Kier molecular flexibility index (Phi) is 7.15. The molecule has 8 heteroatoms. The van der Waals surface area contributed by atoms with Gasteiger partial charge in [-0.3, -0.25) is 9.69 Å². The lowest BCUT2D eigenvalue weighted by molar-refractivity contribution is -0.145. The molecule has 0 saturated carbocycles. The number of benzene rings is 2. The van der Waals surface area contributed by atoms with E-state index in [2.05, 4.69) is 11.6 Å². The van der Waals surface area contributed by atoms with Gasteiger partial charge in [0.05, 0.1) is 10.6 Å². The summed E-state index contributed by atoms with van der Waals surface area (Å²) in [4.78, 5) is 30.6. The summed E-state index contributed by atoms with van der Waals surface area (Å²) in [5.74, 6) is -0.742. The Balaban J connectivity index is 1.88. The molecule has 1 unspecified atom stereocenters. The van der Waals surface area contributed by atoms with Gasteiger partial charge in [-0.05, 0) is 54.1 Å². The third-order valence-electron chi connectivity index (χ3n) is 4.33. The lowest BCUT2D eigenvalue weighted by Gasteiger charge is -2.13. The average Bonchev–Trinajstić information content (AvgIpc) is 3.01. The molecule has 0 radical (unpaired) electrons. The van der Waals surface area contributed by atoms with Crippen molar-refractivity contribution in [1.82, 2.24) is 4.90 Å². The van der Waals surface area contributed by atoms with Gasteiger partial charge in [0, 0.05) is 12.6 Å². The Morgan fingerprint density at radius 3 is 2.74 bits per heavy atom. The van der Waals surface area contributed by atoms with Gasteiger partial charge in [-0.2, -0.15) is 0 Å². The number of carboxylic acids is 1. The summed E-state index contributed by atoms with van der Waals surface area (Å²) < 4.78 is 5.54. The molecule has 0 bridgehead atoms. The molecule has 1 amide bonds. The van der Waals surface area contributed by atoms with Crippen LogP contribution in [0.15, 0.2) is 71.1 Å². The molecular weight excluding hydrogens is 416 g/mol. The molecule has 2 aromatic carbocycles. The van der Waals surface area contributed by atoms with Gasteiger partial charge < -0.3 is 14.9 Å². The Morgan fingerprint density at radius 2 is 2.06 bits per heavy atom. The Bertz CT molecular complexity index is 1060. The lowest BCUT2D eigenvalue weighted by atomic mass is 10.2. The fraction of sp³-hybridized carbons (Fsp3) is 0.174. The highest BCUT2D eigenvalue weighted by atomic mass is 32.2. The number of carbonyl (C=O) groups excluding carboxylic acids is 1. The molecule has 0 spiro atoms. The van der Waals surface area contributed by atoms with Gasteiger partial charge in [0.25, 0.3) is 5.91 Å². The van der Waals surface area contributed by atoms with Crippen LogP contribution >= 0.6 is 11.8 Å². The SMILES string of the molecule is C=CCN1C(=O)/C(=C/c2cccc(OC(CC)C(=O)O)c2)SC1=Nc1cccc(O)c1. The maximum absolute atomic E-state index is 12.9. The van der Waals surface area contributed by atoms with E-state index in [0.29, 0.717) is 40.0 Å². The van der Waals surface area contributed by atoms with Gasteiger partial charge >= 0.3 is 5.97 Å². The van der Waals surface area contributed by atoms with Crippen LogP contribution in [-0.4, -0.2) is 44.8 Å². The van der Waals surface area contributed by atoms with E-state index in [9.17, 15) is 19.8 Å². The van der Waals surface area contributed by atoms with E-state index in [1.165, 1.54) is 22.7 Å². The zero-order chi connectivity index (χ0) is 22.4. The molecule has 2 aromatic rings. The largest absolute Gasteiger partial charge is 0.508 e. The number of phenols is 1. The van der Waals surface area contributed by atoms with Crippen molar-refractivity contribution in [3.05, 3.63) is 71.7 Å². The van der Waals surface area contributed by atoms with E-state index in [-0.39, 0.29) is 11.7 Å². The lowest BCUT2D eigenvalue weighted by Crippen LogP contribution is -2.29. The van der Waals surface area contributed by atoms with Crippen LogP contribution in [0.25, 0.3) is 6.08 Å². The highest BCUT2D eigenvalue weighted by Gasteiger charge is 2.32. The summed E-state index contributed by atoms with van der Waals surface area (Å²) >= 11 is 1.21. The van der Waals surface area contributed by atoms with Crippen LogP contribution in [0.2, 0.25) is 0 Å². The first-order valence-corrected chi connectivity index (χ1v) is 10.4. The number of carboxylic acid groups (broad SMARTS) is 1. The number of aliphatic carboxylic acids is 1. The molecule has 1 fully saturated rings. The topological polar surface area (TPSA) is 99.4 Å². The minimum atomic E-state index is -1.03. The highest BCUT2D eigenvalue weighted by molar-refractivity contribution is 8.18. The number of rotatable bonds is 8. The van der Waals surface area contributed by atoms with Crippen LogP contribution in [-0.2, 0) is 9.59 Å². The van der Waals surface area contributed by atoms with E-state index in [1.807, 2.05) is 0 Å². The van der Waals surface area contributed by atoms with Gasteiger partial charge in [-0.15, -0.1) is 6.58 Å². The first-order valence-electron chi connectivity index (χ1n) is 9.60. The number of carbonyl (C=O) groups is 2. The number of thioether (sulfide) groups is 1. The zero-order valence-electron chi connectivity index (χ0n) is 16.9. The Labute approximate surface area is 184 Å². The summed E-state index contributed by atoms with van der Waals surface area (Å²) in [6, 6.07) is 13.4. The number of phenolic OH excluding ortho intramolecular Hbond substituents is 1. The van der Waals surface area contributed by atoms with Gasteiger partial charge in [-0.1, -0.05) is 31.2 Å². The average molecular weight is 439 g/mol. The molecule has 3 rings (SSSR count). The molecule has 1 saturated heterocycles. The molecule has 1 heterocycles. The fourth-order valence-corrected chi connectivity index (χ4v) is 3.86. The van der Waals surface area contributed by atoms with E-state index in [0.717, 1.165) is 0 Å². The number of amidine groups is 1. The van der Waals surface area contributed by atoms with Crippen molar-refractivity contribution in [2.45, 2.75) is 19.4 Å². The standard InChI is InChI=1S/C23H22N2O5S/c1-3-11-25-21(27)20(31-23(25)24-16-8-6-9-17(26)14-16)13-15-7-5-10-18(12-15)30-19(4-2)22(28)29/h3,5-10,12-14,19,26H,1,4,11H2,2H3,(H,28,29)/b20-13-,24-23?. The van der Waals surface area contributed by atoms with Crippen molar-refractivity contribution in [2.75, 3.05) is 6.54 Å². The molecule has 1 atom stereocenters. The van der Waals surface area contributed by atoms with Crippen LogP contribution in [0.5, 0.6) is 11.5 Å². The van der Waals surface area contributed by atoms with Crippen LogP contribution in [0.1, 0.15) is 18.9 Å². The fourth-order valence-electron chi connectivity index (χ4n) is 2.86. The summed E-state index contributed by atoms with van der Waals surface area (Å²) in [5, 5.41) is 19.3. The normalized spacial score (nSPS) is 17.2. The first kappa shape index (κ1) is 22.2. The number of amides is 1. The maximum atomic E-state index is 12.9. The molecular formula is C23H22N2O5S. The van der Waals surface area contributed by atoms with Crippen LogP contribution in [0.4, 0.5) is 5.69 Å². The molecule has 0 aromatic heterocycles. The van der Waals surface area contributed by atoms with Gasteiger partial charge in [-0.25, -0.2) is 9.79 Å². The van der Waals surface area contributed by atoms with Crippen molar-refractivity contribution in [2.24, 2.45) is 4.99 Å². The van der Waals surface area contributed by atoms with Crippen LogP contribution in [0, 0.1) is 0 Å². The van der Waals surface area contributed by atoms with Crippen molar-refractivity contribution in [3.63, 3.8) is 0 Å². The van der Waals surface area contributed by atoms with Crippen molar-refractivity contribution >= 4 is 40.6 Å². The summed E-state index contributed by atoms with van der Waals surface area (Å²) in [5.41, 5.74) is 1.23. The first-order chi connectivity index (χ1) is 14.9. The third-order valence-corrected chi connectivity index (χ3v) is 5.34. The van der Waals surface area contributed by atoms with Gasteiger partial charge in [0.2, 0.25) is 0 Å². The number of hydrogen-bond acceptors (Lipinski definition) is 6. The predicted molar refractivity (Wildman–Crippen MR) is 121 cm³/mol. The number of nitrogens with zero attached hydrogens (tertiary/aromatic N) is 2. The monoisotopic (exact) mass is 438 g/mol. The zero-order valence-corrected chi connectivity index (χ0v) is 17.7. The maximum Gasteiger partial charge on any atom is 0.344 e. The Morgan fingerprint density at radius 1 is 1.29 bits per heavy atom. The van der Waals surface area contributed by atoms with Crippen molar-refractivity contribution in [1.29, 1.82) is 0 Å². The molecule has 0 aliphatic carbocycles. The highest BCUT2D eigenvalue weighted by Crippen LogP contribution is 2.35. The molecule has 31 heavy (non-hydrogen) atoms. The van der Waals surface area contributed by atoms with E-state index >= 15 is 0 Å². The molecule has 1 aliphatic rings. The van der Waals surface area contributed by atoms with Gasteiger partial charge in [0.1, 0.15) is 11.5 Å². The third kappa shape index (κ3) is 5.55. The number of ether oxygens (including phenoxy) is 1. The Hall–Kier alpha value is -3.52. The van der Waals surface area contributed by atoms with E-state index in [1.54, 1.807) is 61.5 Å². The van der Waals surface area contributed by atoms with E-state index in [4.69, 9.17) is 4.74 Å². The molecule has 7 nitrogen and oxygen atoms in total. The summed E-state index contributed by atoms with van der Waals surface area (Å²) in [6.45, 7) is 5.73. The van der Waals surface area contributed by atoms with Crippen molar-refractivity contribution < 1.29 is 24.5 Å². The second-order valence-electron chi connectivity index (χ2n) is 6.65. The minimum absolute atomic E-state index is 0.0887.